The van der Waals surface area contributed by atoms with Crippen molar-refractivity contribution >= 4 is 27.5 Å². The highest BCUT2D eigenvalue weighted by Gasteiger charge is 2.29. The van der Waals surface area contributed by atoms with Crippen molar-refractivity contribution < 1.29 is 4.79 Å². The van der Waals surface area contributed by atoms with Crippen LogP contribution in [0.4, 0.5) is 5.69 Å². The zero-order valence-electron chi connectivity index (χ0n) is 13.6. The average Bonchev–Trinajstić information content (AvgIpc) is 2.92. The normalized spacial score (nSPS) is 20.0. The van der Waals surface area contributed by atoms with Gasteiger partial charge in [-0.2, -0.15) is 0 Å². The molecule has 2 atom stereocenters. The first kappa shape index (κ1) is 17.3. The minimum atomic E-state index is -0.462. The number of benzene rings is 1. The average molecular weight is 368 g/mol. The van der Waals surface area contributed by atoms with Crippen LogP contribution in [0.5, 0.6) is 0 Å². The molecule has 1 aliphatic rings. The van der Waals surface area contributed by atoms with E-state index in [9.17, 15) is 4.79 Å². The van der Waals surface area contributed by atoms with Crippen LogP contribution in [-0.2, 0) is 4.79 Å². The maximum Gasteiger partial charge on any atom is 0.237 e. The summed E-state index contributed by atoms with van der Waals surface area (Å²) in [5, 5.41) is 3.01. The van der Waals surface area contributed by atoms with Gasteiger partial charge in [0.2, 0.25) is 5.91 Å². The Bertz CT molecular complexity index is 510. The summed E-state index contributed by atoms with van der Waals surface area (Å²) >= 11 is 3.46. The van der Waals surface area contributed by atoms with Crippen LogP contribution in [0.25, 0.3) is 0 Å². The second-order valence-electron chi connectivity index (χ2n) is 7.17. The molecule has 1 aromatic carbocycles. The van der Waals surface area contributed by atoms with Gasteiger partial charge in [-0.05, 0) is 42.0 Å². The summed E-state index contributed by atoms with van der Waals surface area (Å²) < 4.78 is 1.09. The van der Waals surface area contributed by atoms with E-state index in [4.69, 9.17) is 5.73 Å². The van der Waals surface area contributed by atoms with Gasteiger partial charge in [0.25, 0.3) is 0 Å². The highest BCUT2D eigenvalue weighted by atomic mass is 79.9. The summed E-state index contributed by atoms with van der Waals surface area (Å²) in [5.74, 6) is 0.439. The SMILES string of the molecule is CC(C)(C)[C@H](N)C(=O)NCC1CCN(c2ccc(Br)cc2)C1. The summed E-state index contributed by atoms with van der Waals surface area (Å²) in [7, 11) is 0. The molecule has 5 heteroatoms. The topological polar surface area (TPSA) is 58.4 Å². The lowest BCUT2D eigenvalue weighted by Crippen LogP contribution is -2.49. The fourth-order valence-corrected chi connectivity index (χ4v) is 2.90. The first-order valence-corrected chi connectivity index (χ1v) is 8.60. The van der Waals surface area contributed by atoms with E-state index in [2.05, 4.69) is 50.4 Å². The van der Waals surface area contributed by atoms with Gasteiger partial charge in [-0.25, -0.2) is 0 Å². The molecule has 1 aromatic rings. The van der Waals surface area contributed by atoms with Crippen molar-refractivity contribution in [2.75, 3.05) is 24.5 Å². The second-order valence-corrected chi connectivity index (χ2v) is 8.08. The highest BCUT2D eigenvalue weighted by molar-refractivity contribution is 9.10. The molecule has 1 amide bonds. The number of nitrogens with one attached hydrogen (secondary N) is 1. The molecule has 0 aromatic heterocycles. The monoisotopic (exact) mass is 367 g/mol. The summed E-state index contributed by atoms with van der Waals surface area (Å²) in [5.41, 5.74) is 7.02. The van der Waals surface area contributed by atoms with Gasteiger partial charge in [0.1, 0.15) is 0 Å². The van der Waals surface area contributed by atoms with Crippen LogP contribution in [0, 0.1) is 11.3 Å². The fraction of sp³-hybridized carbons (Fsp3) is 0.588. The van der Waals surface area contributed by atoms with Crippen LogP contribution in [0.3, 0.4) is 0 Å². The van der Waals surface area contributed by atoms with Gasteiger partial charge in [-0.3, -0.25) is 4.79 Å². The second kappa shape index (κ2) is 7.01. The Labute approximate surface area is 141 Å². The third-order valence-corrected chi connectivity index (χ3v) is 4.79. The molecule has 1 fully saturated rings. The standard InChI is InChI=1S/C17H26BrN3O/c1-17(2,3)15(19)16(22)20-10-12-8-9-21(11-12)14-6-4-13(18)5-7-14/h4-7,12,15H,8-11,19H2,1-3H3,(H,20,22)/t12?,15-/m1/s1. The first-order valence-electron chi connectivity index (χ1n) is 7.81. The minimum Gasteiger partial charge on any atom is -0.371 e. The van der Waals surface area contributed by atoms with Crippen LogP contribution < -0.4 is 16.0 Å². The van der Waals surface area contributed by atoms with Crippen LogP contribution in [0.2, 0.25) is 0 Å². The van der Waals surface area contributed by atoms with Crippen LogP contribution in [-0.4, -0.2) is 31.6 Å². The number of halogens is 1. The Kier molecular flexibility index (Phi) is 5.50. The van der Waals surface area contributed by atoms with E-state index >= 15 is 0 Å². The zero-order chi connectivity index (χ0) is 16.3. The molecule has 4 nitrogen and oxygen atoms in total. The molecule has 2 rings (SSSR count). The maximum atomic E-state index is 12.1. The number of amides is 1. The van der Waals surface area contributed by atoms with Gasteiger partial charge in [0, 0.05) is 29.8 Å². The molecule has 1 heterocycles. The Morgan fingerprint density at radius 3 is 2.64 bits per heavy atom. The Morgan fingerprint density at radius 2 is 2.05 bits per heavy atom. The Morgan fingerprint density at radius 1 is 1.41 bits per heavy atom. The lowest BCUT2D eigenvalue weighted by Gasteiger charge is -2.26. The lowest BCUT2D eigenvalue weighted by atomic mass is 9.87. The molecule has 0 spiro atoms. The number of rotatable bonds is 4. The van der Waals surface area contributed by atoms with Gasteiger partial charge in [-0.15, -0.1) is 0 Å². The van der Waals surface area contributed by atoms with Crippen LogP contribution in [0.15, 0.2) is 28.7 Å². The number of hydrogen-bond donors (Lipinski definition) is 2. The maximum absolute atomic E-state index is 12.1. The van der Waals surface area contributed by atoms with E-state index in [1.165, 1.54) is 5.69 Å². The Balaban J connectivity index is 1.82. The van der Waals surface area contributed by atoms with Gasteiger partial charge in [-0.1, -0.05) is 36.7 Å². The molecule has 1 aliphatic heterocycles. The third kappa shape index (κ3) is 4.46. The van der Waals surface area contributed by atoms with Gasteiger partial charge in [0.05, 0.1) is 6.04 Å². The van der Waals surface area contributed by atoms with E-state index in [0.717, 1.165) is 24.0 Å². The molecular formula is C17H26BrN3O. The third-order valence-electron chi connectivity index (χ3n) is 4.26. The fourth-order valence-electron chi connectivity index (χ4n) is 2.63. The summed E-state index contributed by atoms with van der Waals surface area (Å²) in [4.78, 5) is 14.4. The molecular weight excluding hydrogens is 342 g/mol. The summed E-state index contributed by atoms with van der Waals surface area (Å²) in [6, 6.07) is 7.91. The number of hydrogen-bond acceptors (Lipinski definition) is 3. The summed E-state index contributed by atoms with van der Waals surface area (Å²) in [6.07, 6.45) is 1.10. The van der Waals surface area contributed by atoms with E-state index in [1.54, 1.807) is 0 Å². The van der Waals surface area contributed by atoms with Gasteiger partial charge >= 0.3 is 0 Å². The minimum absolute atomic E-state index is 0.0467. The molecule has 22 heavy (non-hydrogen) atoms. The van der Waals surface area contributed by atoms with Crippen molar-refractivity contribution in [2.45, 2.75) is 33.2 Å². The van der Waals surface area contributed by atoms with E-state index in [0.29, 0.717) is 12.5 Å². The number of carbonyl (C=O) groups is 1. The number of nitrogens with zero attached hydrogens (tertiary/aromatic N) is 1. The molecule has 3 N–H and O–H groups in total. The van der Waals surface area contributed by atoms with E-state index in [1.807, 2.05) is 20.8 Å². The van der Waals surface area contributed by atoms with Gasteiger partial charge < -0.3 is 16.0 Å². The molecule has 0 aliphatic carbocycles. The van der Waals surface area contributed by atoms with Crippen molar-refractivity contribution in [3.05, 3.63) is 28.7 Å². The molecule has 1 unspecified atom stereocenters. The predicted octanol–water partition coefficient (Wildman–Crippen LogP) is 2.77. The highest BCUT2D eigenvalue weighted by Crippen LogP contribution is 2.25. The quantitative estimate of drug-likeness (QED) is 0.859. The smallest absolute Gasteiger partial charge is 0.237 e. The van der Waals surface area contributed by atoms with E-state index in [-0.39, 0.29) is 11.3 Å². The van der Waals surface area contributed by atoms with Crippen LogP contribution in [0.1, 0.15) is 27.2 Å². The molecule has 0 radical (unpaired) electrons. The number of nitrogens with two attached hydrogens (primary N) is 1. The van der Waals surface area contributed by atoms with Crippen molar-refractivity contribution in [3.63, 3.8) is 0 Å². The number of carbonyl (C=O) groups excluding carboxylic acids is 1. The van der Waals surface area contributed by atoms with Crippen molar-refractivity contribution in [3.8, 4) is 0 Å². The molecule has 0 bridgehead atoms. The number of anilines is 1. The van der Waals surface area contributed by atoms with Gasteiger partial charge in [0.15, 0.2) is 0 Å². The summed E-state index contributed by atoms with van der Waals surface area (Å²) in [6.45, 7) is 8.68. The van der Waals surface area contributed by atoms with Crippen molar-refractivity contribution in [1.82, 2.24) is 5.32 Å². The first-order chi connectivity index (χ1) is 10.3. The van der Waals surface area contributed by atoms with Crippen molar-refractivity contribution in [2.24, 2.45) is 17.1 Å². The zero-order valence-corrected chi connectivity index (χ0v) is 15.2. The predicted molar refractivity (Wildman–Crippen MR) is 94.9 cm³/mol. The lowest BCUT2D eigenvalue weighted by molar-refractivity contribution is -0.124. The largest absolute Gasteiger partial charge is 0.371 e. The Hall–Kier alpha value is -1.07. The van der Waals surface area contributed by atoms with Crippen LogP contribution >= 0.6 is 15.9 Å². The van der Waals surface area contributed by atoms with E-state index < -0.39 is 6.04 Å². The molecule has 1 saturated heterocycles. The van der Waals surface area contributed by atoms with Crippen molar-refractivity contribution in [1.29, 1.82) is 0 Å². The molecule has 0 saturated carbocycles. The molecule has 122 valence electrons.